The normalized spacial score (nSPS) is 13.6. The molecule has 1 aliphatic heterocycles. The van der Waals surface area contributed by atoms with Gasteiger partial charge in [-0.15, -0.1) is 0 Å². The minimum atomic E-state index is -0.00286. The van der Waals surface area contributed by atoms with Crippen LogP contribution in [-0.2, 0) is 0 Å². The maximum absolute atomic E-state index is 13.0. The number of hydrogen-bond donors (Lipinski definition) is 1. The number of amides is 1. The number of nitrogens with one attached hydrogen (secondary N) is 1. The van der Waals surface area contributed by atoms with Crippen LogP contribution in [0.25, 0.3) is 16.8 Å². The van der Waals surface area contributed by atoms with Crippen molar-refractivity contribution in [2.24, 2.45) is 0 Å². The van der Waals surface area contributed by atoms with Crippen LogP contribution >= 0.6 is 11.6 Å². The lowest BCUT2D eigenvalue weighted by Crippen LogP contribution is -2.48. The largest absolute Gasteiger partial charge is 0.337 e. The lowest BCUT2D eigenvalue weighted by atomic mass is 9.90. The lowest BCUT2D eigenvalue weighted by Gasteiger charge is -2.39. The van der Waals surface area contributed by atoms with Gasteiger partial charge in [0.05, 0.1) is 17.3 Å². The summed E-state index contributed by atoms with van der Waals surface area (Å²) in [6.45, 7) is 9.07. The SMILES string of the molecule is C=C(C)c1nc(Cl)c(-c2cc(C(=O)N3CC(c4ccc(C#N)cc4)C3)ccc2C)[nH]1. The number of rotatable bonds is 4. The summed E-state index contributed by atoms with van der Waals surface area (Å²) in [5.41, 5.74) is 5.77. The van der Waals surface area contributed by atoms with E-state index in [1.165, 1.54) is 0 Å². The number of H-pyrrole nitrogens is 1. The second kappa shape index (κ2) is 7.81. The van der Waals surface area contributed by atoms with Crippen LogP contribution in [0.5, 0.6) is 0 Å². The van der Waals surface area contributed by atoms with Crippen LogP contribution in [0.3, 0.4) is 0 Å². The van der Waals surface area contributed by atoms with E-state index in [1.807, 2.05) is 61.2 Å². The van der Waals surface area contributed by atoms with E-state index in [-0.39, 0.29) is 5.91 Å². The Bertz CT molecular complexity index is 1180. The summed E-state index contributed by atoms with van der Waals surface area (Å²) < 4.78 is 0. The zero-order chi connectivity index (χ0) is 21.4. The number of imidazole rings is 1. The Labute approximate surface area is 180 Å². The van der Waals surface area contributed by atoms with Crippen molar-refractivity contribution in [2.75, 3.05) is 13.1 Å². The number of nitrogens with zero attached hydrogens (tertiary/aromatic N) is 3. The molecule has 30 heavy (non-hydrogen) atoms. The number of benzene rings is 2. The summed E-state index contributed by atoms with van der Waals surface area (Å²) in [7, 11) is 0. The van der Waals surface area contributed by atoms with Crippen LogP contribution in [0, 0.1) is 18.3 Å². The number of carbonyl (C=O) groups is 1. The Morgan fingerprint density at radius 2 is 1.97 bits per heavy atom. The van der Waals surface area contributed by atoms with Crippen molar-refractivity contribution in [3.63, 3.8) is 0 Å². The van der Waals surface area contributed by atoms with E-state index >= 15 is 0 Å². The minimum Gasteiger partial charge on any atom is -0.337 e. The first-order valence-electron chi connectivity index (χ1n) is 9.69. The highest BCUT2D eigenvalue weighted by molar-refractivity contribution is 6.32. The predicted molar refractivity (Wildman–Crippen MR) is 118 cm³/mol. The molecule has 4 rings (SSSR count). The fraction of sp³-hybridized carbons (Fsp3) is 0.208. The molecule has 6 heteroatoms. The van der Waals surface area contributed by atoms with Gasteiger partial charge in [-0.2, -0.15) is 5.26 Å². The van der Waals surface area contributed by atoms with Crippen LogP contribution in [0.2, 0.25) is 5.15 Å². The second-order valence-corrected chi connectivity index (χ2v) is 8.06. The number of likely N-dealkylation sites (tertiary alicyclic amines) is 1. The molecule has 2 aromatic carbocycles. The van der Waals surface area contributed by atoms with E-state index in [0.29, 0.717) is 46.8 Å². The molecule has 0 atom stereocenters. The average molecular weight is 417 g/mol. The number of carbonyl (C=O) groups excluding carboxylic acids is 1. The number of halogens is 1. The number of aryl methyl sites for hydroxylation is 1. The smallest absolute Gasteiger partial charge is 0.253 e. The van der Waals surface area contributed by atoms with Gasteiger partial charge in [0, 0.05) is 30.1 Å². The number of hydrogen-bond acceptors (Lipinski definition) is 3. The van der Waals surface area contributed by atoms with Gasteiger partial charge in [-0.1, -0.05) is 36.4 Å². The third-order valence-electron chi connectivity index (χ3n) is 5.50. The molecule has 0 unspecified atom stereocenters. The average Bonchev–Trinajstić information content (AvgIpc) is 3.09. The van der Waals surface area contributed by atoms with Gasteiger partial charge in [0.15, 0.2) is 5.15 Å². The van der Waals surface area contributed by atoms with E-state index < -0.39 is 0 Å². The maximum atomic E-state index is 13.0. The van der Waals surface area contributed by atoms with E-state index in [9.17, 15) is 4.79 Å². The van der Waals surface area contributed by atoms with Crippen LogP contribution in [0.15, 0.2) is 49.0 Å². The molecule has 1 aromatic heterocycles. The van der Waals surface area contributed by atoms with Gasteiger partial charge in [0.2, 0.25) is 0 Å². The molecule has 0 radical (unpaired) electrons. The van der Waals surface area contributed by atoms with Gasteiger partial charge in [-0.3, -0.25) is 4.79 Å². The van der Waals surface area contributed by atoms with Crippen molar-refractivity contribution in [3.05, 3.63) is 82.3 Å². The van der Waals surface area contributed by atoms with E-state index in [4.69, 9.17) is 16.9 Å². The van der Waals surface area contributed by atoms with Crippen molar-refractivity contribution in [2.45, 2.75) is 19.8 Å². The molecule has 1 fully saturated rings. The Balaban J connectivity index is 1.52. The van der Waals surface area contributed by atoms with Crippen LogP contribution < -0.4 is 0 Å². The summed E-state index contributed by atoms with van der Waals surface area (Å²) >= 11 is 6.34. The maximum Gasteiger partial charge on any atom is 0.253 e. The van der Waals surface area contributed by atoms with Crippen molar-refractivity contribution < 1.29 is 4.79 Å². The van der Waals surface area contributed by atoms with Gasteiger partial charge < -0.3 is 9.88 Å². The second-order valence-electron chi connectivity index (χ2n) is 7.70. The molecular formula is C24H21ClN4O. The number of nitriles is 1. The molecule has 2 heterocycles. The standard InChI is InChI=1S/C24H21ClN4O/c1-14(2)23-27-21(22(25)28-23)20-10-18(7-4-15(20)3)24(30)29-12-19(13-29)17-8-5-16(11-26)6-9-17/h4-10,19H,1,12-13H2,2-3H3,(H,27,28). The van der Waals surface area contributed by atoms with Gasteiger partial charge in [0.25, 0.3) is 5.91 Å². The quantitative estimate of drug-likeness (QED) is 0.636. The monoisotopic (exact) mass is 416 g/mol. The Hall–Kier alpha value is -3.36. The van der Waals surface area contributed by atoms with Crippen molar-refractivity contribution >= 4 is 23.1 Å². The van der Waals surface area contributed by atoms with E-state index in [1.54, 1.807) is 0 Å². The number of allylic oxidation sites excluding steroid dienone is 1. The van der Waals surface area contributed by atoms with E-state index in [2.05, 4.69) is 22.6 Å². The van der Waals surface area contributed by atoms with Gasteiger partial charge >= 0.3 is 0 Å². The highest BCUT2D eigenvalue weighted by Crippen LogP contribution is 2.32. The molecule has 150 valence electrons. The third-order valence-corrected chi connectivity index (χ3v) is 5.77. The first-order valence-corrected chi connectivity index (χ1v) is 10.1. The molecule has 1 aliphatic rings. The van der Waals surface area contributed by atoms with E-state index in [0.717, 1.165) is 22.3 Å². The van der Waals surface area contributed by atoms with Crippen LogP contribution in [-0.4, -0.2) is 33.9 Å². The van der Waals surface area contributed by atoms with Crippen molar-refractivity contribution in [1.82, 2.24) is 14.9 Å². The van der Waals surface area contributed by atoms with Gasteiger partial charge in [0.1, 0.15) is 5.82 Å². The fourth-order valence-electron chi connectivity index (χ4n) is 3.62. The number of aromatic amines is 1. The predicted octanol–water partition coefficient (Wildman–Crippen LogP) is 5.18. The molecule has 0 saturated carbocycles. The Morgan fingerprint density at radius 3 is 2.57 bits per heavy atom. The first kappa shape index (κ1) is 19.9. The first-order chi connectivity index (χ1) is 14.4. The van der Waals surface area contributed by atoms with Crippen LogP contribution in [0.4, 0.5) is 0 Å². The molecule has 0 spiro atoms. The summed E-state index contributed by atoms with van der Waals surface area (Å²) in [6, 6.07) is 15.3. The Morgan fingerprint density at radius 1 is 1.27 bits per heavy atom. The molecule has 3 aromatic rings. The van der Waals surface area contributed by atoms with Crippen molar-refractivity contribution in [3.8, 4) is 17.3 Å². The highest BCUT2D eigenvalue weighted by Gasteiger charge is 2.32. The summed E-state index contributed by atoms with van der Waals surface area (Å²) in [5.74, 6) is 0.933. The third kappa shape index (κ3) is 3.62. The van der Waals surface area contributed by atoms with Crippen molar-refractivity contribution in [1.29, 1.82) is 5.26 Å². The topological polar surface area (TPSA) is 72.8 Å². The minimum absolute atomic E-state index is 0.00286. The molecular weight excluding hydrogens is 396 g/mol. The highest BCUT2D eigenvalue weighted by atomic mass is 35.5. The fourth-order valence-corrected chi connectivity index (χ4v) is 3.86. The molecule has 1 N–H and O–H groups in total. The van der Waals surface area contributed by atoms with Gasteiger partial charge in [-0.25, -0.2) is 4.98 Å². The molecule has 5 nitrogen and oxygen atoms in total. The van der Waals surface area contributed by atoms with Gasteiger partial charge in [-0.05, 0) is 54.8 Å². The molecule has 1 saturated heterocycles. The lowest BCUT2D eigenvalue weighted by molar-refractivity contribution is 0.0602. The zero-order valence-corrected chi connectivity index (χ0v) is 17.6. The summed E-state index contributed by atoms with van der Waals surface area (Å²) in [6.07, 6.45) is 0. The zero-order valence-electron chi connectivity index (χ0n) is 16.9. The summed E-state index contributed by atoms with van der Waals surface area (Å²) in [5, 5.41) is 9.29. The molecule has 0 bridgehead atoms. The molecule has 0 aliphatic carbocycles. The van der Waals surface area contributed by atoms with Crippen LogP contribution in [0.1, 0.15) is 45.7 Å². The summed E-state index contributed by atoms with van der Waals surface area (Å²) in [4.78, 5) is 22.4. The Kier molecular flexibility index (Phi) is 5.19. The number of aromatic nitrogens is 2. The molecule has 1 amide bonds.